The fraction of sp³-hybridized carbons (Fsp3) is 0.250. The van der Waals surface area contributed by atoms with E-state index in [-0.39, 0.29) is 28.0 Å². The molecule has 1 amide bonds. The molecule has 3 rings (SSSR count). The van der Waals surface area contributed by atoms with Crippen molar-refractivity contribution in [1.82, 2.24) is 14.9 Å². The van der Waals surface area contributed by atoms with Crippen LogP contribution in [0.1, 0.15) is 35.3 Å². The normalized spacial score (nSPS) is 11.5. The van der Waals surface area contributed by atoms with Crippen LogP contribution in [0.2, 0.25) is 0 Å². The zero-order chi connectivity index (χ0) is 21.7. The lowest BCUT2D eigenvalue weighted by atomic mass is 10.1. The van der Waals surface area contributed by atoms with Crippen LogP contribution in [0.3, 0.4) is 0 Å². The summed E-state index contributed by atoms with van der Waals surface area (Å²) in [4.78, 5) is 12.3. The van der Waals surface area contributed by atoms with Gasteiger partial charge < -0.3 is 4.74 Å². The molecular weight excluding hydrogens is 424 g/mol. The largest absolute Gasteiger partial charge is 0.491 e. The summed E-state index contributed by atoms with van der Waals surface area (Å²) in [6.45, 7) is 5.83. The summed E-state index contributed by atoms with van der Waals surface area (Å²) in [7, 11) is -3.86. The molecule has 10 heteroatoms. The number of ether oxygens (including phenoxy) is 1. The van der Waals surface area contributed by atoms with Crippen molar-refractivity contribution < 1.29 is 17.9 Å². The maximum absolute atomic E-state index is 12.5. The Kier molecular flexibility index (Phi) is 6.80. The molecule has 2 N–H and O–H groups in total. The molecule has 1 heterocycles. The minimum absolute atomic E-state index is 0.0624. The summed E-state index contributed by atoms with van der Waals surface area (Å²) in [6, 6.07) is 14.2. The van der Waals surface area contributed by atoms with Crippen LogP contribution in [-0.4, -0.2) is 30.6 Å². The predicted octanol–water partition coefficient (Wildman–Crippen LogP) is 3.36. The summed E-state index contributed by atoms with van der Waals surface area (Å²) < 4.78 is 32.8. The van der Waals surface area contributed by atoms with E-state index in [2.05, 4.69) is 20.2 Å². The van der Waals surface area contributed by atoms with Crippen molar-refractivity contribution in [3.8, 4) is 5.75 Å². The molecule has 158 valence electrons. The average Bonchev–Trinajstić information content (AvgIpc) is 3.16. The van der Waals surface area contributed by atoms with Crippen LogP contribution in [-0.2, 0) is 16.6 Å². The van der Waals surface area contributed by atoms with Gasteiger partial charge in [0.15, 0.2) is 0 Å². The second-order valence-corrected chi connectivity index (χ2v) is 9.75. The van der Waals surface area contributed by atoms with Crippen LogP contribution >= 0.6 is 11.3 Å². The van der Waals surface area contributed by atoms with E-state index in [9.17, 15) is 13.2 Å². The monoisotopic (exact) mass is 446 g/mol. The number of carbonyl (C=O) groups is 1. The molecule has 0 aliphatic carbocycles. The van der Waals surface area contributed by atoms with Crippen molar-refractivity contribution in [2.75, 3.05) is 5.32 Å². The van der Waals surface area contributed by atoms with Crippen molar-refractivity contribution in [2.24, 2.45) is 0 Å². The standard InChI is InChI=1S/C20H22N4O4S2/c1-13(2)28-17-9-7-15(8-10-17)12-21-30(26,27)20-24-23-19(29-20)22-18(25)16-6-4-5-14(3)11-16/h4-11,13,21H,12H2,1-3H3,(H,22,23,25). The predicted molar refractivity (Wildman–Crippen MR) is 115 cm³/mol. The highest BCUT2D eigenvalue weighted by Crippen LogP contribution is 2.21. The molecule has 0 bridgehead atoms. The van der Waals surface area contributed by atoms with Gasteiger partial charge in [-0.1, -0.05) is 41.2 Å². The maximum Gasteiger partial charge on any atom is 0.270 e. The molecule has 0 radical (unpaired) electrons. The van der Waals surface area contributed by atoms with Crippen LogP contribution in [0.4, 0.5) is 5.13 Å². The van der Waals surface area contributed by atoms with Gasteiger partial charge in [-0.25, -0.2) is 13.1 Å². The fourth-order valence-corrected chi connectivity index (χ4v) is 4.48. The Balaban J connectivity index is 1.61. The Hall–Kier alpha value is -2.82. The highest BCUT2D eigenvalue weighted by atomic mass is 32.2. The third kappa shape index (κ3) is 5.85. The van der Waals surface area contributed by atoms with Gasteiger partial charge in [0.25, 0.3) is 15.9 Å². The molecule has 0 unspecified atom stereocenters. The first kappa shape index (κ1) is 21.9. The number of amides is 1. The SMILES string of the molecule is Cc1cccc(C(=O)Nc2nnc(S(=O)(=O)NCc3ccc(OC(C)C)cc3)s2)c1. The Morgan fingerprint density at radius 2 is 1.87 bits per heavy atom. The molecular formula is C20H22N4O4S2. The lowest BCUT2D eigenvalue weighted by Crippen LogP contribution is -2.23. The lowest BCUT2D eigenvalue weighted by molar-refractivity contribution is 0.102. The Morgan fingerprint density at radius 1 is 1.13 bits per heavy atom. The molecule has 0 spiro atoms. The van der Waals surface area contributed by atoms with E-state index in [0.29, 0.717) is 5.56 Å². The Labute approximate surface area is 179 Å². The average molecular weight is 447 g/mol. The van der Waals surface area contributed by atoms with Gasteiger partial charge in [0.05, 0.1) is 6.10 Å². The van der Waals surface area contributed by atoms with E-state index in [4.69, 9.17) is 4.74 Å². The molecule has 1 aromatic heterocycles. The van der Waals surface area contributed by atoms with E-state index >= 15 is 0 Å². The number of anilines is 1. The Bertz CT molecular complexity index is 1130. The van der Waals surface area contributed by atoms with E-state index in [1.54, 1.807) is 42.5 Å². The third-order valence-corrected chi connectivity index (χ3v) is 6.51. The first-order valence-corrected chi connectivity index (χ1v) is 11.5. The zero-order valence-electron chi connectivity index (χ0n) is 16.7. The topological polar surface area (TPSA) is 110 Å². The Morgan fingerprint density at radius 3 is 2.53 bits per heavy atom. The molecule has 30 heavy (non-hydrogen) atoms. The lowest BCUT2D eigenvalue weighted by Gasteiger charge is -2.10. The summed E-state index contributed by atoms with van der Waals surface area (Å²) in [5.74, 6) is 0.338. The van der Waals surface area contributed by atoms with Crippen molar-refractivity contribution in [3.63, 3.8) is 0 Å². The number of carbonyl (C=O) groups excluding carboxylic acids is 1. The minimum atomic E-state index is -3.86. The minimum Gasteiger partial charge on any atom is -0.491 e. The van der Waals surface area contributed by atoms with E-state index in [1.165, 1.54) is 0 Å². The van der Waals surface area contributed by atoms with Crippen molar-refractivity contribution in [3.05, 3.63) is 65.2 Å². The molecule has 0 aliphatic heterocycles. The number of aromatic nitrogens is 2. The number of hydrogen-bond donors (Lipinski definition) is 2. The van der Waals surface area contributed by atoms with Crippen LogP contribution in [0, 0.1) is 6.92 Å². The summed E-state index contributed by atoms with van der Waals surface area (Å²) in [5, 5.41) is 10.1. The van der Waals surface area contributed by atoms with Gasteiger partial charge in [-0.2, -0.15) is 0 Å². The number of sulfonamides is 1. The van der Waals surface area contributed by atoms with Gasteiger partial charge >= 0.3 is 0 Å². The second-order valence-electron chi connectivity index (χ2n) is 6.83. The van der Waals surface area contributed by atoms with Gasteiger partial charge in [0.1, 0.15) is 5.75 Å². The number of hydrogen-bond acceptors (Lipinski definition) is 7. The van der Waals surface area contributed by atoms with Gasteiger partial charge in [0.2, 0.25) is 9.47 Å². The van der Waals surface area contributed by atoms with Crippen LogP contribution < -0.4 is 14.8 Å². The number of aryl methyl sites for hydroxylation is 1. The second kappa shape index (κ2) is 9.33. The van der Waals surface area contributed by atoms with Crippen LogP contribution in [0.25, 0.3) is 0 Å². The number of rotatable bonds is 8. The van der Waals surface area contributed by atoms with E-state index in [0.717, 1.165) is 28.2 Å². The van der Waals surface area contributed by atoms with Gasteiger partial charge in [-0.15, -0.1) is 10.2 Å². The number of nitrogens with one attached hydrogen (secondary N) is 2. The number of benzene rings is 2. The fourth-order valence-electron chi connectivity index (χ4n) is 2.52. The van der Waals surface area contributed by atoms with Crippen molar-refractivity contribution >= 4 is 32.4 Å². The highest BCUT2D eigenvalue weighted by molar-refractivity contribution is 7.91. The highest BCUT2D eigenvalue weighted by Gasteiger charge is 2.21. The third-order valence-electron chi connectivity index (χ3n) is 3.90. The van der Waals surface area contributed by atoms with Crippen molar-refractivity contribution in [1.29, 1.82) is 0 Å². The maximum atomic E-state index is 12.5. The molecule has 0 saturated carbocycles. The van der Waals surface area contributed by atoms with E-state index in [1.807, 2.05) is 26.8 Å². The zero-order valence-corrected chi connectivity index (χ0v) is 18.4. The quantitative estimate of drug-likeness (QED) is 0.514. The molecule has 3 aromatic rings. The van der Waals surface area contributed by atoms with Crippen LogP contribution in [0.15, 0.2) is 52.9 Å². The van der Waals surface area contributed by atoms with E-state index < -0.39 is 10.0 Å². The molecule has 2 aromatic carbocycles. The summed E-state index contributed by atoms with van der Waals surface area (Å²) >= 11 is 0.787. The molecule has 0 atom stereocenters. The molecule has 0 fully saturated rings. The molecule has 8 nitrogen and oxygen atoms in total. The number of nitrogens with zero attached hydrogens (tertiary/aromatic N) is 2. The van der Waals surface area contributed by atoms with Gasteiger partial charge in [0, 0.05) is 12.1 Å². The first-order chi connectivity index (χ1) is 14.2. The summed E-state index contributed by atoms with van der Waals surface area (Å²) in [5.41, 5.74) is 2.17. The van der Waals surface area contributed by atoms with Gasteiger partial charge in [-0.3, -0.25) is 10.1 Å². The smallest absolute Gasteiger partial charge is 0.270 e. The van der Waals surface area contributed by atoms with Crippen molar-refractivity contribution in [2.45, 2.75) is 37.8 Å². The van der Waals surface area contributed by atoms with Gasteiger partial charge in [-0.05, 0) is 50.6 Å². The molecule has 0 aliphatic rings. The molecule has 0 saturated heterocycles. The van der Waals surface area contributed by atoms with Crippen LogP contribution in [0.5, 0.6) is 5.75 Å². The first-order valence-electron chi connectivity index (χ1n) is 9.20. The summed E-state index contributed by atoms with van der Waals surface area (Å²) in [6.07, 6.45) is 0.0624.